The van der Waals surface area contributed by atoms with Crippen LogP contribution in [0.4, 0.5) is 5.82 Å². The number of halogens is 1. The van der Waals surface area contributed by atoms with Crippen molar-refractivity contribution in [3.05, 3.63) is 64.6 Å². The van der Waals surface area contributed by atoms with Crippen LogP contribution in [0.2, 0.25) is 5.15 Å². The number of carbonyl (C=O) groups excluding carboxylic acids is 2. The van der Waals surface area contributed by atoms with Gasteiger partial charge in [-0.05, 0) is 57.4 Å². The first-order valence-electron chi connectivity index (χ1n) is 16.3. The van der Waals surface area contributed by atoms with Crippen molar-refractivity contribution in [2.45, 2.75) is 66.2 Å². The van der Waals surface area contributed by atoms with E-state index in [1.54, 1.807) is 12.0 Å². The lowest BCUT2D eigenvalue weighted by Gasteiger charge is -2.23. The Morgan fingerprint density at radius 3 is 2.71 bits per heavy atom. The van der Waals surface area contributed by atoms with Crippen LogP contribution in [0.25, 0.3) is 11.0 Å². The summed E-state index contributed by atoms with van der Waals surface area (Å²) in [5.74, 6) is 1.94. The summed E-state index contributed by atoms with van der Waals surface area (Å²) >= 11 is 5.99. The van der Waals surface area contributed by atoms with E-state index in [9.17, 15) is 9.59 Å². The summed E-state index contributed by atoms with van der Waals surface area (Å²) in [5.41, 5.74) is 9.40. The number of rotatable bonds is 14. The number of nitrogens with zero attached hydrogens (tertiary/aromatic N) is 6. The van der Waals surface area contributed by atoms with E-state index in [2.05, 4.69) is 36.3 Å². The van der Waals surface area contributed by atoms with Crippen LogP contribution in [0.3, 0.4) is 0 Å². The highest BCUT2D eigenvalue weighted by Crippen LogP contribution is 2.25. The number of ether oxygens (including phenoxy) is 3. The molecule has 5 rings (SSSR count). The summed E-state index contributed by atoms with van der Waals surface area (Å²) in [5, 5.41) is 3.05. The van der Waals surface area contributed by atoms with Crippen molar-refractivity contribution >= 4 is 40.3 Å². The number of fused-ring (bicyclic) bond motifs is 1. The summed E-state index contributed by atoms with van der Waals surface area (Å²) in [6.45, 7) is 9.83. The van der Waals surface area contributed by atoms with E-state index < -0.39 is 5.91 Å². The standard InChI is InChI=1S/C34H43ClN8O5/c1-5-13-41(20-25-28(46-4)10-7-22(3)39-25)31(44)21-48-24-8-9-26-27(16-24)42(6-2)30(43(26)19-23-11-14-47-15-12-23)18-38-34(45)32-33(36)37-17-29(35)40-32/h7-10,16-17,23H,5-6,11-15,18-21H2,1-4H3,(H2-,36,37,38,45)/p+1. The maximum Gasteiger partial charge on any atom is 0.277 e. The second kappa shape index (κ2) is 16.1. The number of benzene rings is 1. The molecule has 0 atom stereocenters. The van der Waals surface area contributed by atoms with E-state index in [0.29, 0.717) is 42.7 Å². The molecule has 1 aliphatic heterocycles. The molecule has 1 aromatic carbocycles. The third-order valence-electron chi connectivity index (χ3n) is 8.48. The average molecular weight is 680 g/mol. The summed E-state index contributed by atoms with van der Waals surface area (Å²) in [7, 11) is 1.60. The third kappa shape index (κ3) is 8.13. The van der Waals surface area contributed by atoms with Gasteiger partial charge >= 0.3 is 0 Å². The van der Waals surface area contributed by atoms with Gasteiger partial charge in [0.05, 0.1) is 32.9 Å². The number of hydrogen-bond acceptors (Lipinski definition) is 9. The van der Waals surface area contributed by atoms with Crippen LogP contribution in [-0.2, 0) is 35.7 Å². The monoisotopic (exact) mass is 679 g/mol. The fourth-order valence-corrected chi connectivity index (χ4v) is 6.19. The van der Waals surface area contributed by atoms with Gasteiger partial charge in [-0.15, -0.1) is 0 Å². The van der Waals surface area contributed by atoms with Gasteiger partial charge in [0, 0.05) is 37.4 Å². The molecule has 48 heavy (non-hydrogen) atoms. The van der Waals surface area contributed by atoms with Crippen LogP contribution in [-0.4, -0.2) is 69.7 Å². The molecular formula is C34H44ClN8O5+. The van der Waals surface area contributed by atoms with Gasteiger partial charge < -0.3 is 30.2 Å². The molecule has 1 aliphatic rings. The Labute approximate surface area is 285 Å². The number of nitrogen functional groups attached to an aromatic ring is 1. The van der Waals surface area contributed by atoms with E-state index in [1.165, 1.54) is 6.20 Å². The lowest BCUT2D eigenvalue weighted by molar-refractivity contribution is -0.687. The fraction of sp³-hybridized carbons (Fsp3) is 0.471. The molecule has 1 saturated heterocycles. The molecule has 13 nitrogen and oxygen atoms in total. The minimum atomic E-state index is -0.467. The van der Waals surface area contributed by atoms with Gasteiger partial charge in [-0.25, -0.2) is 19.1 Å². The Bertz CT molecular complexity index is 1760. The number of methoxy groups -OCH3 is 1. The second-order valence-electron chi connectivity index (χ2n) is 11.8. The number of imidazole rings is 1. The normalized spacial score (nSPS) is 13.4. The Hall–Kier alpha value is -4.49. The van der Waals surface area contributed by atoms with Crippen molar-refractivity contribution in [1.29, 1.82) is 0 Å². The molecular weight excluding hydrogens is 636 g/mol. The zero-order valence-electron chi connectivity index (χ0n) is 28.0. The lowest BCUT2D eigenvalue weighted by atomic mass is 10.0. The third-order valence-corrected chi connectivity index (χ3v) is 8.67. The van der Waals surface area contributed by atoms with Gasteiger partial charge in [0.1, 0.15) is 28.9 Å². The molecule has 0 radical (unpaired) electrons. The number of nitrogens with one attached hydrogen (secondary N) is 1. The zero-order valence-corrected chi connectivity index (χ0v) is 28.8. The van der Waals surface area contributed by atoms with E-state index in [4.69, 9.17) is 31.5 Å². The molecule has 3 aromatic heterocycles. The number of nitrogens with two attached hydrogens (primary N) is 1. The fourth-order valence-electron chi connectivity index (χ4n) is 6.06. The van der Waals surface area contributed by atoms with Crippen LogP contribution in [0.15, 0.2) is 36.5 Å². The van der Waals surface area contributed by atoms with Crippen molar-refractivity contribution in [3.8, 4) is 11.5 Å². The summed E-state index contributed by atoms with van der Waals surface area (Å²) < 4.78 is 21.6. The lowest BCUT2D eigenvalue weighted by Crippen LogP contribution is -2.44. The van der Waals surface area contributed by atoms with Gasteiger partial charge in [0.15, 0.2) is 29.2 Å². The number of carbonyl (C=O) groups is 2. The quantitative estimate of drug-likeness (QED) is 0.189. The second-order valence-corrected chi connectivity index (χ2v) is 12.2. The molecule has 0 saturated carbocycles. The number of pyridine rings is 1. The van der Waals surface area contributed by atoms with Crippen LogP contribution in [0, 0.1) is 12.8 Å². The van der Waals surface area contributed by atoms with E-state index in [0.717, 1.165) is 61.6 Å². The predicted octanol–water partition coefficient (Wildman–Crippen LogP) is 3.86. The summed E-state index contributed by atoms with van der Waals surface area (Å²) in [6.07, 6.45) is 4.00. The molecule has 3 N–H and O–H groups in total. The van der Waals surface area contributed by atoms with Gasteiger partial charge in [0.25, 0.3) is 17.6 Å². The first-order valence-corrected chi connectivity index (χ1v) is 16.7. The van der Waals surface area contributed by atoms with E-state index in [-0.39, 0.29) is 35.7 Å². The van der Waals surface area contributed by atoms with E-state index >= 15 is 0 Å². The maximum atomic E-state index is 13.4. The molecule has 256 valence electrons. The number of aryl methyl sites for hydroxylation is 2. The maximum absolute atomic E-state index is 13.4. The van der Waals surface area contributed by atoms with Gasteiger partial charge in [-0.3, -0.25) is 14.6 Å². The SMILES string of the molecule is CCCN(Cc1nc(C)ccc1OC)C(=O)COc1ccc2c(c1)n(CC)c(CNC(=O)c1nc(Cl)cnc1N)[n+]2CC1CCOCC1. The van der Waals surface area contributed by atoms with Gasteiger partial charge in [-0.1, -0.05) is 18.5 Å². The Morgan fingerprint density at radius 2 is 1.98 bits per heavy atom. The number of anilines is 1. The summed E-state index contributed by atoms with van der Waals surface area (Å²) in [4.78, 5) is 40.9. The van der Waals surface area contributed by atoms with Gasteiger partial charge in [0.2, 0.25) is 0 Å². The molecule has 4 heterocycles. The van der Waals surface area contributed by atoms with Crippen molar-refractivity contribution in [2.75, 3.05) is 39.2 Å². The van der Waals surface area contributed by atoms with Crippen LogP contribution in [0.5, 0.6) is 11.5 Å². The van der Waals surface area contributed by atoms with Crippen LogP contribution in [0.1, 0.15) is 60.8 Å². The van der Waals surface area contributed by atoms with Crippen molar-refractivity contribution in [1.82, 2.24) is 29.7 Å². The number of aromatic nitrogens is 5. The predicted molar refractivity (Wildman–Crippen MR) is 181 cm³/mol. The minimum absolute atomic E-state index is 0.00569. The molecule has 0 spiro atoms. The zero-order chi connectivity index (χ0) is 34.2. The van der Waals surface area contributed by atoms with Crippen molar-refractivity contribution in [2.24, 2.45) is 5.92 Å². The van der Waals surface area contributed by atoms with Crippen molar-refractivity contribution in [3.63, 3.8) is 0 Å². The topological polar surface area (TPSA) is 151 Å². The van der Waals surface area contributed by atoms with Crippen LogP contribution >= 0.6 is 11.6 Å². The highest BCUT2D eigenvalue weighted by atomic mass is 35.5. The molecule has 2 amide bonds. The van der Waals surface area contributed by atoms with Gasteiger partial charge in [-0.2, -0.15) is 0 Å². The average Bonchev–Trinajstić information content (AvgIpc) is 3.38. The Balaban J connectivity index is 1.39. The Kier molecular flexibility index (Phi) is 11.7. The summed E-state index contributed by atoms with van der Waals surface area (Å²) in [6, 6.07) is 9.60. The highest BCUT2D eigenvalue weighted by molar-refractivity contribution is 6.29. The molecule has 4 aromatic rings. The van der Waals surface area contributed by atoms with E-state index in [1.807, 2.05) is 44.2 Å². The van der Waals surface area contributed by atoms with Crippen LogP contribution < -0.4 is 25.1 Å². The first-order chi connectivity index (χ1) is 23.2. The first kappa shape index (κ1) is 34.8. The molecule has 1 fully saturated rings. The smallest absolute Gasteiger partial charge is 0.277 e. The largest absolute Gasteiger partial charge is 0.495 e. The molecule has 0 aliphatic carbocycles. The number of hydrogen-bond donors (Lipinski definition) is 2. The molecule has 0 unspecified atom stereocenters. The minimum Gasteiger partial charge on any atom is -0.495 e. The molecule has 14 heteroatoms. The highest BCUT2D eigenvalue weighted by Gasteiger charge is 2.29. The number of amides is 2. The van der Waals surface area contributed by atoms with Crippen molar-refractivity contribution < 1.29 is 28.4 Å². The Morgan fingerprint density at radius 1 is 1.19 bits per heavy atom. The molecule has 0 bridgehead atoms.